The maximum absolute atomic E-state index is 12.4. The zero-order chi connectivity index (χ0) is 23.3. The van der Waals surface area contributed by atoms with Gasteiger partial charge in [-0.3, -0.25) is 9.48 Å². The highest BCUT2D eigenvalue weighted by molar-refractivity contribution is 6.39. The summed E-state index contributed by atoms with van der Waals surface area (Å²) < 4.78 is 1.70. The summed E-state index contributed by atoms with van der Waals surface area (Å²) in [4.78, 5) is 12.4. The van der Waals surface area contributed by atoms with Gasteiger partial charge in [-0.05, 0) is 35.6 Å². The Kier molecular flexibility index (Phi) is 5.16. The Balaban J connectivity index is 1.85. The molecule has 5 aromatic rings. The average Bonchev–Trinajstić information content (AvgIpc) is 3.19. The number of hydrogen-bond acceptors (Lipinski definition) is 4. The molecule has 0 radical (unpaired) electrons. The van der Waals surface area contributed by atoms with Gasteiger partial charge in [0.1, 0.15) is 0 Å². The van der Waals surface area contributed by atoms with Crippen LogP contribution in [0.5, 0.6) is 0 Å². The Morgan fingerprint density at radius 1 is 1.15 bits per heavy atom. The Labute approximate surface area is 199 Å². The summed E-state index contributed by atoms with van der Waals surface area (Å²) in [5, 5.41) is 24.7. The van der Waals surface area contributed by atoms with Gasteiger partial charge in [-0.2, -0.15) is 15.5 Å². The molecule has 0 bridgehead atoms. The molecule has 0 fully saturated rings. The fourth-order valence-corrected chi connectivity index (χ4v) is 4.96. The second kappa shape index (κ2) is 8.04. The van der Waals surface area contributed by atoms with Gasteiger partial charge in [-0.25, -0.2) is 5.10 Å². The molecule has 8 heteroatoms. The molecule has 0 aliphatic carbocycles. The predicted octanol–water partition coefficient (Wildman–Crippen LogP) is 5.88. The number of aromatic amines is 1. The van der Waals surface area contributed by atoms with Gasteiger partial charge in [-0.15, -0.1) is 0 Å². The van der Waals surface area contributed by atoms with Crippen molar-refractivity contribution in [2.45, 2.75) is 13.3 Å². The zero-order valence-corrected chi connectivity index (χ0v) is 19.3. The van der Waals surface area contributed by atoms with Crippen LogP contribution in [-0.2, 0) is 13.5 Å². The monoisotopic (exact) mass is 473 g/mol. The molecule has 0 saturated heterocycles. The number of H-pyrrole nitrogens is 1. The standard InChI is InChI=1S/C25H17Cl2N5O/c1-3-20-17-9-14(10-19(26)22(17)25(33)31-30-20)18-12-29-32(2)24(18)21-15(11-28)8-13-6-4-5-7-16(13)23(21)27/h4-10,12H,3H2,1-2H3,(H,31,33). The normalized spacial score (nSPS) is 11.2. The lowest BCUT2D eigenvalue weighted by atomic mass is 9.94. The number of halogens is 2. The molecule has 2 heterocycles. The largest absolute Gasteiger partial charge is 0.273 e. The van der Waals surface area contributed by atoms with Crippen molar-refractivity contribution in [1.29, 1.82) is 5.26 Å². The number of nitriles is 1. The lowest BCUT2D eigenvalue weighted by molar-refractivity contribution is 0.776. The summed E-state index contributed by atoms with van der Waals surface area (Å²) in [7, 11) is 1.80. The van der Waals surface area contributed by atoms with Crippen molar-refractivity contribution < 1.29 is 0 Å². The highest BCUT2D eigenvalue weighted by Crippen LogP contribution is 2.42. The minimum atomic E-state index is -0.338. The van der Waals surface area contributed by atoms with Gasteiger partial charge in [0.2, 0.25) is 0 Å². The number of hydrogen-bond donors (Lipinski definition) is 1. The molecule has 0 atom stereocenters. The van der Waals surface area contributed by atoms with Crippen molar-refractivity contribution in [3.63, 3.8) is 0 Å². The number of nitrogens with zero attached hydrogens (tertiary/aromatic N) is 4. The zero-order valence-electron chi connectivity index (χ0n) is 17.8. The quantitative estimate of drug-likeness (QED) is 0.354. The molecule has 1 N–H and O–H groups in total. The molecular weight excluding hydrogens is 457 g/mol. The van der Waals surface area contributed by atoms with E-state index in [0.717, 1.165) is 27.6 Å². The van der Waals surface area contributed by atoms with Gasteiger partial charge < -0.3 is 0 Å². The summed E-state index contributed by atoms with van der Waals surface area (Å²) in [6.45, 7) is 1.96. The van der Waals surface area contributed by atoms with Crippen LogP contribution in [0.25, 0.3) is 43.9 Å². The van der Waals surface area contributed by atoms with Gasteiger partial charge in [0.05, 0.1) is 44.6 Å². The Morgan fingerprint density at radius 2 is 1.94 bits per heavy atom. The van der Waals surface area contributed by atoms with E-state index in [9.17, 15) is 10.1 Å². The molecule has 162 valence electrons. The first-order valence-electron chi connectivity index (χ1n) is 10.3. The molecule has 0 spiro atoms. The van der Waals surface area contributed by atoms with Gasteiger partial charge in [0.25, 0.3) is 5.56 Å². The summed E-state index contributed by atoms with van der Waals surface area (Å²) in [6, 6.07) is 15.4. The predicted molar refractivity (Wildman–Crippen MR) is 132 cm³/mol. The molecule has 0 amide bonds. The first-order valence-corrected chi connectivity index (χ1v) is 11.0. The molecule has 0 unspecified atom stereocenters. The number of nitrogens with one attached hydrogen (secondary N) is 1. The molecule has 3 aromatic carbocycles. The molecule has 0 aliphatic rings. The maximum atomic E-state index is 12.4. The van der Waals surface area contributed by atoms with Crippen LogP contribution in [0.4, 0.5) is 0 Å². The van der Waals surface area contributed by atoms with E-state index in [4.69, 9.17) is 23.2 Å². The van der Waals surface area contributed by atoms with Crippen molar-refractivity contribution in [2.24, 2.45) is 7.05 Å². The van der Waals surface area contributed by atoms with E-state index in [2.05, 4.69) is 21.4 Å². The second-order valence-electron chi connectivity index (χ2n) is 7.71. The third kappa shape index (κ3) is 3.29. The van der Waals surface area contributed by atoms with E-state index in [1.807, 2.05) is 43.3 Å². The number of aromatic nitrogens is 4. The van der Waals surface area contributed by atoms with Crippen molar-refractivity contribution >= 4 is 44.7 Å². The SMILES string of the molecule is CCc1n[nH]c(=O)c2c(Cl)cc(-c3cnn(C)c3-c3c(C#N)cc4ccccc4c3Cl)cc12. The summed E-state index contributed by atoms with van der Waals surface area (Å²) in [5.74, 6) is 0. The third-order valence-electron chi connectivity index (χ3n) is 5.85. The summed E-state index contributed by atoms with van der Waals surface area (Å²) >= 11 is 13.4. The van der Waals surface area contributed by atoms with Crippen molar-refractivity contribution in [1.82, 2.24) is 20.0 Å². The van der Waals surface area contributed by atoms with Crippen molar-refractivity contribution in [3.05, 3.63) is 80.3 Å². The van der Waals surface area contributed by atoms with Crippen LogP contribution < -0.4 is 5.56 Å². The number of fused-ring (bicyclic) bond motifs is 2. The van der Waals surface area contributed by atoms with Crippen LogP contribution in [0.1, 0.15) is 18.2 Å². The van der Waals surface area contributed by atoms with Crippen LogP contribution in [0.2, 0.25) is 10.0 Å². The Bertz CT molecular complexity index is 1680. The lowest BCUT2D eigenvalue weighted by Crippen LogP contribution is -2.11. The highest BCUT2D eigenvalue weighted by Gasteiger charge is 2.22. The van der Waals surface area contributed by atoms with E-state index in [-0.39, 0.29) is 5.56 Å². The average molecular weight is 474 g/mol. The first kappa shape index (κ1) is 21.2. The van der Waals surface area contributed by atoms with Gasteiger partial charge in [0, 0.05) is 28.9 Å². The van der Waals surface area contributed by atoms with E-state index >= 15 is 0 Å². The minimum absolute atomic E-state index is 0.320. The Hall–Kier alpha value is -3.66. The Morgan fingerprint density at radius 3 is 2.70 bits per heavy atom. The fourth-order valence-electron chi connectivity index (χ4n) is 4.29. The molecule has 2 aromatic heterocycles. The van der Waals surface area contributed by atoms with Gasteiger partial charge >= 0.3 is 0 Å². The first-order chi connectivity index (χ1) is 15.9. The van der Waals surface area contributed by atoms with Crippen LogP contribution in [0.15, 0.2) is 53.5 Å². The summed E-state index contributed by atoms with van der Waals surface area (Å²) in [5.41, 5.74) is 3.64. The van der Waals surface area contributed by atoms with Crippen LogP contribution in [-0.4, -0.2) is 20.0 Å². The minimum Gasteiger partial charge on any atom is -0.267 e. The summed E-state index contributed by atoms with van der Waals surface area (Å²) in [6.07, 6.45) is 2.34. The van der Waals surface area contributed by atoms with Crippen molar-refractivity contribution in [2.75, 3.05) is 0 Å². The van der Waals surface area contributed by atoms with Gasteiger partial charge in [-0.1, -0.05) is 54.4 Å². The van der Waals surface area contributed by atoms with Crippen LogP contribution in [0, 0.1) is 11.3 Å². The number of benzene rings is 3. The fraction of sp³-hybridized carbons (Fsp3) is 0.120. The topological polar surface area (TPSA) is 87.4 Å². The van der Waals surface area contributed by atoms with Crippen LogP contribution >= 0.6 is 23.2 Å². The lowest BCUT2D eigenvalue weighted by Gasteiger charge is -2.14. The van der Waals surface area contributed by atoms with Crippen molar-refractivity contribution in [3.8, 4) is 28.5 Å². The van der Waals surface area contributed by atoms with E-state index in [0.29, 0.717) is 44.1 Å². The van der Waals surface area contributed by atoms with E-state index in [1.54, 1.807) is 24.0 Å². The number of aryl methyl sites for hydroxylation is 2. The molecule has 33 heavy (non-hydrogen) atoms. The molecule has 0 saturated carbocycles. The van der Waals surface area contributed by atoms with Gasteiger partial charge in [0.15, 0.2) is 0 Å². The molecule has 5 rings (SSSR count). The van der Waals surface area contributed by atoms with E-state index in [1.165, 1.54) is 0 Å². The highest BCUT2D eigenvalue weighted by atomic mass is 35.5. The van der Waals surface area contributed by atoms with Crippen LogP contribution in [0.3, 0.4) is 0 Å². The maximum Gasteiger partial charge on any atom is 0.273 e. The molecule has 0 aliphatic heterocycles. The third-order valence-corrected chi connectivity index (χ3v) is 6.54. The number of rotatable bonds is 3. The molecular formula is C25H17Cl2N5O. The van der Waals surface area contributed by atoms with E-state index < -0.39 is 0 Å². The molecule has 6 nitrogen and oxygen atoms in total. The second-order valence-corrected chi connectivity index (χ2v) is 8.50. The smallest absolute Gasteiger partial charge is 0.267 e.